The number of phenolic OH excluding ortho intramolecular Hbond substituents is 1. The van der Waals surface area contributed by atoms with Gasteiger partial charge in [0.05, 0.1) is 24.7 Å². The predicted molar refractivity (Wildman–Crippen MR) is 123 cm³/mol. The summed E-state index contributed by atoms with van der Waals surface area (Å²) in [7, 11) is 1.45. The Hall–Kier alpha value is -3.43. The standard InChI is InChI=1S/C25H24ClN3O3/c1-25(2)11-18-23(20(31)12-25)22(14-4-9-19(30)21(10-14)32-3)17(13-27)24(28)29(18)16-7-5-15(26)6-8-16/h4-10,22,30H,11-12,28H2,1-3H3. The first kappa shape index (κ1) is 21.8. The van der Waals surface area contributed by atoms with Gasteiger partial charge in [0.2, 0.25) is 0 Å². The zero-order valence-corrected chi connectivity index (χ0v) is 18.9. The number of halogens is 1. The molecule has 7 heteroatoms. The minimum Gasteiger partial charge on any atom is -0.504 e. The molecule has 2 aromatic rings. The molecule has 0 saturated carbocycles. The topological polar surface area (TPSA) is 99.6 Å². The van der Waals surface area contributed by atoms with E-state index in [0.29, 0.717) is 29.0 Å². The van der Waals surface area contributed by atoms with Gasteiger partial charge in [0.1, 0.15) is 5.82 Å². The number of allylic oxidation sites excluding steroid dienone is 3. The molecule has 4 rings (SSSR count). The Morgan fingerprint density at radius 3 is 2.53 bits per heavy atom. The highest BCUT2D eigenvalue weighted by Gasteiger charge is 2.44. The van der Waals surface area contributed by atoms with Gasteiger partial charge in [-0.2, -0.15) is 5.26 Å². The van der Waals surface area contributed by atoms with Crippen LogP contribution in [0.25, 0.3) is 0 Å². The molecule has 32 heavy (non-hydrogen) atoms. The van der Waals surface area contributed by atoms with Crippen molar-refractivity contribution in [3.63, 3.8) is 0 Å². The van der Waals surface area contributed by atoms with E-state index in [1.165, 1.54) is 13.2 Å². The highest BCUT2D eigenvalue weighted by Crippen LogP contribution is 2.50. The molecule has 0 aromatic heterocycles. The second-order valence-electron chi connectivity index (χ2n) is 8.89. The van der Waals surface area contributed by atoms with Gasteiger partial charge in [-0.1, -0.05) is 31.5 Å². The zero-order chi connectivity index (χ0) is 23.2. The maximum atomic E-state index is 13.5. The van der Waals surface area contributed by atoms with Gasteiger partial charge in [-0.05, 0) is 53.8 Å². The lowest BCUT2D eigenvalue weighted by molar-refractivity contribution is -0.118. The van der Waals surface area contributed by atoms with Crippen LogP contribution in [0.2, 0.25) is 5.02 Å². The summed E-state index contributed by atoms with van der Waals surface area (Å²) in [4.78, 5) is 15.3. The maximum Gasteiger partial charge on any atom is 0.162 e. The van der Waals surface area contributed by atoms with Crippen LogP contribution < -0.4 is 15.4 Å². The van der Waals surface area contributed by atoms with Gasteiger partial charge in [-0.25, -0.2) is 0 Å². The third kappa shape index (κ3) is 3.59. The lowest BCUT2D eigenvalue weighted by Gasteiger charge is -2.43. The number of ether oxygens (including phenoxy) is 1. The van der Waals surface area contributed by atoms with Crippen molar-refractivity contribution in [2.24, 2.45) is 11.1 Å². The molecule has 3 N–H and O–H groups in total. The van der Waals surface area contributed by atoms with E-state index < -0.39 is 5.92 Å². The zero-order valence-electron chi connectivity index (χ0n) is 18.1. The smallest absolute Gasteiger partial charge is 0.162 e. The first-order valence-electron chi connectivity index (χ1n) is 10.3. The quantitative estimate of drug-likeness (QED) is 0.684. The third-order valence-corrected chi connectivity index (χ3v) is 6.25. The van der Waals surface area contributed by atoms with E-state index in [1.54, 1.807) is 29.2 Å². The molecule has 1 heterocycles. The average Bonchev–Trinajstić information content (AvgIpc) is 2.73. The summed E-state index contributed by atoms with van der Waals surface area (Å²) < 4.78 is 5.27. The molecule has 1 aliphatic heterocycles. The van der Waals surface area contributed by atoms with Gasteiger partial charge in [0, 0.05) is 28.4 Å². The number of carbonyl (C=O) groups is 1. The number of anilines is 1. The first-order chi connectivity index (χ1) is 15.2. The van der Waals surface area contributed by atoms with E-state index in [4.69, 9.17) is 22.1 Å². The Morgan fingerprint density at radius 1 is 1.22 bits per heavy atom. The van der Waals surface area contributed by atoms with Crippen LogP contribution in [-0.2, 0) is 4.79 Å². The molecule has 0 spiro atoms. The van der Waals surface area contributed by atoms with Crippen LogP contribution in [0.15, 0.2) is 65.1 Å². The first-order valence-corrected chi connectivity index (χ1v) is 10.6. The summed E-state index contributed by atoms with van der Waals surface area (Å²) in [5.74, 6) is -0.139. The van der Waals surface area contributed by atoms with Crippen LogP contribution in [0.3, 0.4) is 0 Å². The minimum atomic E-state index is -0.642. The summed E-state index contributed by atoms with van der Waals surface area (Å²) in [5, 5.41) is 20.7. The van der Waals surface area contributed by atoms with E-state index in [-0.39, 0.29) is 34.1 Å². The molecular formula is C25H24ClN3O3. The van der Waals surface area contributed by atoms with Crippen molar-refractivity contribution in [3.05, 3.63) is 75.7 Å². The molecule has 0 amide bonds. The number of rotatable bonds is 3. The van der Waals surface area contributed by atoms with Gasteiger partial charge < -0.3 is 15.6 Å². The molecular weight excluding hydrogens is 426 g/mol. The highest BCUT2D eigenvalue weighted by atomic mass is 35.5. The fourth-order valence-electron chi connectivity index (χ4n) is 4.60. The average molecular weight is 450 g/mol. The van der Waals surface area contributed by atoms with Crippen LogP contribution >= 0.6 is 11.6 Å². The van der Waals surface area contributed by atoms with Gasteiger partial charge >= 0.3 is 0 Å². The normalized spacial score (nSPS) is 20.2. The minimum absolute atomic E-state index is 0.0179. The number of methoxy groups -OCH3 is 1. The number of carbonyl (C=O) groups excluding carboxylic acids is 1. The largest absolute Gasteiger partial charge is 0.504 e. The molecule has 0 fully saturated rings. The SMILES string of the molecule is COc1cc(C2C(C#N)=C(N)N(c3ccc(Cl)cc3)C3=C2C(=O)CC(C)(C)C3)ccc1O. The van der Waals surface area contributed by atoms with Crippen LogP contribution in [0.4, 0.5) is 5.69 Å². The lowest BCUT2D eigenvalue weighted by Crippen LogP contribution is -2.42. The van der Waals surface area contributed by atoms with Crippen molar-refractivity contribution >= 4 is 23.1 Å². The van der Waals surface area contributed by atoms with E-state index >= 15 is 0 Å². The summed E-state index contributed by atoms with van der Waals surface area (Å²) >= 11 is 6.08. The van der Waals surface area contributed by atoms with Crippen LogP contribution in [0.1, 0.15) is 38.2 Å². The second kappa shape index (κ2) is 7.92. The molecule has 0 radical (unpaired) electrons. The molecule has 1 unspecified atom stereocenters. The van der Waals surface area contributed by atoms with Crippen molar-refractivity contribution in [2.45, 2.75) is 32.6 Å². The van der Waals surface area contributed by atoms with Crippen molar-refractivity contribution in [1.29, 1.82) is 5.26 Å². The molecule has 1 atom stereocenters. The Balaban J connectivity index is 1.99. The van der Waals surface area contributed by atoms with E-state index in [1.807, 2.05) is 26.0 Å². The Morgan fingerprint density at radius 2 is 1.91 bits per heavy atom. The number of nitrogens with two attached hydrogens (primary N) is 1. The summed E-state index contributed by atoms with van der Waals surface area (Å²) in [5.41, 5.74) is 9.34. The molecule has 6 nitrogen and oxygen atoms in total. The van der Waals surface area contributed by atoms with Crippen molar-refractivity contribution in [1.82, 2.24) is 0 Å². The van der Waals surface area contributed by atoms with Crippen LogP contribution in [0.5, 0.6) is 11.5 Å². The predicted octanol–water partition coefficient (Wildman–Crippen LogP) is 5.00. The molecule has 1 aliphatic carbocycles. The fraction of sp³-hybridized carbons (Fsp3) is 0.280. The summed E-state index contributed by atoms with van der Waals surface area (Å²) in [6, 6.07) is 14.2. The number of hydrogen-bond donors (Lipinski definition) is 2. The maximum absolute atomic E-state index is 13.5. The monoisotopic (exact) mass is 449 g/mol. The Kier molecular flexibility index (Phi) is 5.39. The van der Waals surface area contributed by atoms with Crippen LogP contribution in [-0.4, -0.2) is 18.0 Å². The van der Waals surface area contributed by atoms with Crippen molar-refractivity contribution in [2.75, 3.05) is 12.0 Å². The van der Waals surface area contributed by atoms with Gasteiger partial charge in [-0.15, -0.1) is 0 Å². The molecule has 164 valence electrons. The number of nitrogens with zero attached hydrogens (tertiary/aromatic N) is 2. The second-order valence-corrected chi connectivity index (χ2v) is 9.32. The number of nitriles is 1. The van der Waals surface area contributed by atoms with Crippen molar-refractivity contribution < 1.29 is 14.6 Å². The van der Waals surface area contributed by atoms with Gasteiger partial charge in [-0.3, -0.25) is 9.69 Å². The number of phenols is 1. The molecule has 2 aliphatic rings. The van der Waals surface area contributed by atoms with E-state index in [9.17, 15) is 15.2 Å². The van der Waals surface area contributed by atoms with Crippen LogP contribution in [0, 0.1) is 16.7 Å². The van der Waals surface area contributed by atoms with E-state index in [2.05, 4.69) is 6.07 Å². The number of benzene rings is 2. The van der Waals surface area contributed by atoms with Gasteiger partial charge in [0.15, 0.2) is 17.3 Å². The number of Topliss-reactive ketones (excluding diaryl/α,β-unsaturated/α-hetero) is 1. The molecule has 0 bridgehead atoms. The fourth-order valence-corrected chi connectivity index (χ4v) is 4.73. The molecule has 0 saturated heterocycles. The third-order valence-electron chi connectivity index (χ3n) is 6.00. The highest BCUT2D eigenvalue weighted by molar-refractivity contribution is 6.30. The number of aromatic hydroxyl groups is 1. The summed E-state index contributed by atoms with van der Waals surface area (Å²) in [6.07, 6.45) is 0.979. The lowest BCUT2D eigenvalue weighted by atomic mass is 9.68. The number of hydrogen-bond acceptors (Lipinski definition) is 6. The van der Waals surface area contributed by atoms with Crippen molar-refractivity contribution in [3.8, 4) is 17.6 Å². The van der Waals surface area contributed by atoms with Gasteiger partial charge in [0.25, 0.3) is 0 Å². The number of ketones is 1. The Labute approximate surface area is 192 Å². The Bertz CT molecular complexity index is 1210. The van der Waals surface area contributed by atoms with E-state index in [0.717, 1.165) is 11.4 Å². The summed E-state index contributed by atoms with van der Waals surface area (Å²) in [6.45, 7) is 4.10. The molecule has 2 aromatic carbocycles.